The molecule has 0 radical (unpaired) electrons. The maximum Gasteiger partial charge on any atom is 0.321 e. The molecule has 0 bridgehead atoms. The number of thioether (sulfide) groups is 1. The van der Waals surface area contributed by atoms with E-state index >= 15 is 0 Å². The Balaban J connectivity index is 2.83. The fraction of sp³-hybridized carbons (Fsp3) is 0.467. The molecule has 0 saturated carbocycles. The summed E-state index contributed by atoms with van der Waals surface area (Å²) in [6.07, 6.45) is -0.214. The molecular formula is C15H20F2N2O3S. The van der Waals surface area contributed by atoms with Crippen molar-refractivity contribution in [3.63, 3.8) is 0 Å². The van der Waals surface area contributed by atoms with Crippen LogP contribution < -0.4 is 5.32 Å². The highest BCUT2D eigenvalue weighted by atomic mass is 32.2. The van der Waals surface area contributed by atoms with Crippen LogP contribution in [0.25, 0.3) is 0 Å². The number of carbonyl (C=O) groups is 2. The van der Waals surface area contributed by atoms with E-state index in [0.717, 1.165) is 28.8 Å². The van der Waals surface area contributed by atoms with E-state index in [1.165, 1.54) is 7.05 Å². The van der Waals surface area contributed by atoms with Crippen LogP contribution in [-0.4, -0.2) is 40.3 Å². The van der Waals surface area contributed by atoms with Gasteiger partial charge in [-0.25, -0.2) is 13.6 Å². The molecule has 1 aromatic carbocycles. The standard InChI is InChI=1S/C15H20F2N2O3S/c1-15(2,3)23-13-10(16)7-9(8-11(13)17)18-14(22)19(4)6-5-12(20)21/h7-8H,5-6H2,1-4H3,(H,18,22)(H,20,21). The van der Waals surface area contributed by atoms with Crippen molar-refractivity contribution >= 4 is 29.4 Å². The SMILES string of the molecule is CN(CCC(=O)O)C(=O)Nc1cc(F)c(SC(C)(C)C)c(F)c1. The van der Waals surface area contributed by atoms with Crippen LogP contribution in [0, 0.1) is 11.6 Å². The quantitative estimate of drug-likeness (QED) is 0.796. The van der Waals surface area contributed by atoms with E-state index in [9.17, 15) is 18.4 Å². The molecule has 1 aromatic rings. The van der Waals surface area contributed by atoms with Crippen molar-refractivity contribution in [2.75, 3.05) is 18.9 Å². The van der Waals surface area contributed by atoms with Gasteiger partial charge in [-0.05, 0) is 12.1 Å². The molecule has 2 amide bonds. The highest BCUT2D eigenvalue weighted by molar-refractivity contribution is 8.00. The van der Waals surface area contributed by atoms with Crippen molar-refractivity contribution in [3.05, 3.63) is 23.8 Å². The number of rotatable bonds is 5. The van der Waals surface area contributed by atoms with E-state index in [2.05, 4.69) is 5.32 Å². The minimum atomic E-state index is -1.04. The highest BCUT2D eigenvalue weighted by Crippen LogP contribution is 2.36. The lowest BCUT2D eigenvalue weighted by Gasteiger charge is -2.20. The number of carboxylic acids is 1. The van der Waals surface area contributed by atoms with Gasteiger partial charge in [-0.3, -0.25) is 4.79 Å². The van der Waals surface area contributed by atoms with Gasteiger partial charge in [0.05, 0.1) is 11.3 Å². The summed E-state index contributed by atoms with van der Waals surface area (Å²) in [6, 6.07) is 1.45. The third-order valence-corrected chi connectivity index (χ3v) is 3.87. The Labute approximate surface area is 138 Å². The maximum atomic E-state index is 14.0. The van der Waals surface area contributed by atoms with E-state index in [1.54, 1.807) is 0 Å². The molecule has 0 aliphatic heterocycles. The molecule has 0 heterocycles. The summed E-state index contributed by atoms with van der Waals surface area (Å²) >= 11 is 1.06. The first kappa shape index (κ1) is 19.2. The molecule has 0 unspecified atom stereocenters. The van der Waals surface area contributed by atoms with E-state index < -0.39 is 23.6 Å². The van der Waals surface area contributed by atoms with Crippen molar-refractivity contribution < 1.29 is 23.5 Å². The molecule has 128 valence electrons. The van der Waals surface area contributed by atoms with Crippen LogP contribution in [-0.2, 0) is 4.79 Å². The first-order valence-corrected chi connectivity index (χ1v) is 7.73. The number of nitrogens with one attached hydrogen (secondary N) is 1. The van der Waals surface area contributed by atoms with Crippen LogP contribution in [0.3, 0.4) is 0 Å². The zero-order valence-electron chi connectivity index (χ0n) is 13.4. The van der Waals surface area contributed by atoms with Crippen molar-refractivity contribution in [2.24, 2.45) is 0 Å². The predicted octanol–water partition coefficient (Wildman–Crippen LogP) is 3.79. The number of carbonyl (C=O) groups excluding carboxylic acids is 1. The lowest BCUT2D eigenvalue weighted by atomic mass is 10.2. The smallest absolute Gasteiger partial charge is 0.321 e. The highest BCUT2D eigenvalue weighted by Gasteiger charge is 2.20. The molecule has 0 atom stereocenters. The molecule has 0 aliphatic carbocycles. The van der Waals surface area contributed by atoms with Crippen molar-refractivity contribution in [1.29, 1.82) is 0 Å². The van der Waals surface area contributed by atoms with Gasteiger partial charge >= 0.3 is 12.0 Å². The summed E-state index contributed by atoms with van der Waals surface area (Å²) in [5, 5.41) is 10.9. The van der Waals surface area contributed by atoms with Crippen LogP contribution in [0.2, 0.25) is 0 Å². The van der Waals surface area contributed by atoms with Gasteiger partial charge in [0.2, 0.25) is 0 Å². The van der Waals surface area contributed by atoms with E-state index in [4.69, 9.17) is 5.11 Å². The number of benzene rings is 1. The first-order chi connectivity index (χ1) is 10.5. The lowest BCUT2D eigenvalue weighted by molar-refractivity contribution is -0.137. The zero-order valence-corrected chi connectivity index (χ0v) is 14.3. The normalized spacial score (nSPS) is 11.2. The minimum Gasteiger partial charge on any atom is -0.481 e. The monoisotopic (exact) mass is 346 g/mol. The Hall–Kier alpha value is -1.83. The van der Waals surface area contributed by atoms with Crippen LogP contribution >= 0.6 is 11.8 Å². The number of urea groups is 1. The lowest BCUT2D eigenvalue weighted by Crippen LogP contribution is -2.33. The summed E-state index contributed by atoms with van der Waals surface area (Å²) in [6.45, 7) is 5.50. The second-order valence-electron chi connectivity index (χ2n) is 5.98. The molecule has 0 saturated heterocycles. The predicted molar refractivity (Wildman–Crippen MR) is 85.9 cm³/mol. The molecule has 5 nitrogen and oxygen atoms in total. The average molecular weight is 346 g/mol. The number of amides is 2. The Bertz CT molecular complexity index is 580. The van der Waals surface area contributed by atoms with Crippen molar-refractivity contribution in [1.82, 2.24) is 4.90 Å². The maximum absolute atomic E-state index is 14.0. The third kappa shape index (κ3) is 6.43. The Morgan fingerprint density at radius 2 is 1.78 bits per heavy atom. The second-order valence-corrected chi connectivity index (χ2v) is 7.82. The average Bonchev–Trinajstić information content (AvgIpc) is 2.39. The largest absolute Gasteiger partial charge is 0.481 e. The molecule has 0 aromatic heterocycles. The van der Waals surface area contributed by atoms with Gasteiger partial charge in [-0.2, -0.15) is 0 Å². The summed E-state index contributed by atoms with van der Waals surface area (Å²) < 4.78 is 27.7. The van der Waals surface area contributed by atoms with Crippen molar-refractivity contribution in [2.45, 2.75) is 36.8 Å². The van der Waals surface area contributed by atoms with Crippen LogP contribution in [0.15, 0.2) is 17.0 Å². The first-order valence-electron chi connectivity index (χ1n) is 6.91. The van der Waals surface area contributed by atoms with Crippen LogP contribution in [0.5, 0.6) is 0 Å². The number of hydrogen-bond acceptors (Lipinski definition) is 3. The minimum absolute atomic E-state index is 0.00983. The van der Waals surface area contributed by atoms with Gasteiger partial charge in [0.25, 0.3) is 0 Å². The number of carboxylic acid groups (broad SMARTS) is 1. The molecule has 23 heavy (non-hydrogen) atoms. The van der Waals surface area contributed by atoms with Gasteiger partial charge in [-0.1, -0.05) is 20.8 Å². The molecular weight excluding hydrogens is 326 g/mol. The summed E-state index contributed by atoms with van der Waals surface area (Å²) in [5.41, 5.74) is -0.0227. The van der Waals surface area contributed by atoms with Gasteiger partial charge in [0.15, 0.2) is 0 Å². The Morgan fingerprint density at radius 3 is 2.22 bits per heavy atom. The fourth-order valence-electron chi connectivity index (χ4n) is 1.62. The topological polar surface area (TPSA) is 69.6 Å². The van der Waals surface area contributed by atoms with Gasteiger partial charge in [-0.15, -0.1) is 11.8 Å². The number of hydrogen-bond donors (Lipinski definition) is 2. The van der Waals surface area contributed by atoms with Crippen LogP contribution in [0.1, 0.15) is 27.2 Å². The molecule has 1 rings (SSSR count). The summed E-state index contributed by atoms with van der Waals surface area (Å²) in [7, 11) is 1.40. The summed E-state index contributed by atoms with van der Waals surface area (Å²) in [5.74, 6) is -2.55. The Morgan fingerprint density at radius 1 is 1.26 bits per heavy atom. The Kier molecular flexibility index (Phi) is 6.37. The van der Waals surface area contributed by atoms with E-state index in [-0.39, 0.29) is 28.3 Å². The van der Waals surface area contributed by atoms with E-state index in [0.29, 0.717) is 0 Å². The summed E-state index contributed by atoms with van der Waals surface area (Å²) in [4.78, 5) is 23.3. The fourth-order valence-corrected chi connectivity index (χ4v) is 2.54. The van der Waals surface area contributed by atoms with Crippen molar-refractivity contribution in [3.8, 4) is 0 Å². The molecule has 0 fully saturated rings. The number of anilines is 1. The van der Waals surface area contributed by atoms with Gasteiger partial charge in [0, 0.05) is 24.0 Å². The second kappa shape index (κ2) is 7.63. The molecule has 2 N–H and O–H groups in total. The van der Waals surface area contributed by atoms with E-state index in [1.807, 2.05) is 20.8 Å². The molecule has 0 aliphatic rings. The third-order valence-electron chi connectivity index (χ3n) is 2.67. The van der Waals surface area contributed by atoms with Gasteiger partial charge < -0.3 is 15.3 Å². The number of aliphatic carboxylic acids is 1. The number of halogens is 2. The van der Waals surface area contributed by atoms with Gasteiger partial charge in [0.1, 0.15) is 11.6 Å². The molecule has 0 spiro atoms. The zero-order chi connectivity index (χ0) is 17.8. The molecule has 8 heteroatoms. The van der Waals surface area contributed by atoms with Crippen LogP contribution in [0.4, 0.5) is 19.3 Å². The number of nitrogens with zero attached hydrogens (tertiary/aromatic N) is 1.